The lowest BCUT2D eigenvalue weighted by molar-refractivity contribution is -0.119. The second-order valence-electron chi connectivity index (χ2n) is 7.89. The number of hydrazone groups is 1. The van der Waals surface area contributed by atoms with Crippen molar-refractivity contribution in [3.05, 3.63) is 76.5 Å². The second kappa shape index (κ2) is 8.54. The zero-order valence-electron chi connectivity index (χ0n) is 18.4. The van der Waals surface area contributed by atoms with E-state index in [1.807, 2.05) is 48.7 Å². The number of thiophene rings is 1. The molecule has 0 saturated heterocycles. The summed E-state index contributed by atoms with van der Waals surface area (Å²) in [6.07, 6.45) is 0. The number of anilines is 1. The lowest BCUT2D eigenvalue weighted by atomic mass is 10.1. The molecule has 0 saturated carbocycles. The van der Waals surface area contributed by atoms with Crippen LogP contribution < -0.4 is 9.73 Å². The first-order valence-electron chi connectivity index (χ1n) is 10.5. The minimum absolute atomic E-state index is 0.118. The number of carbonyl (C=O) groups excluding carboxylic acids is 1. The minimum Gasteiger partial charge on any atom is -0.275 e. The van der Waals surface area contributed by atoms with E-state index in [9.17, 15) is 13.2 Å². The summed E-state index contributed by atoms with van der Waals surface area (Å²) in [5, 5.41) is 13.6. The monoisotopic (exact) mass is 491 g/mol. The maximum atomic E-state index is 13.6. The number of hydrogen-bond donors (Lipinski definition) is 2. The van der Waals surface area contributed by atoms with Crippen molar-refractivity contribution < 1.29 is 13.2 Å². The molecule has 1 amide bonds. The molecule has 34 heavy (non-hydrogen) atoms. The van der Waals surface area contributed by atoms with E-state index in [4.69, 9.17) is 0 Å². The van der Waals surface area contributed by atoms with Gasteiger partial charge in [0.05, 0.1) is 21.2 Å². The average Bonchev–Trinajstić information content (AvgIpc) is 3.48. The number of amides is 1. The molecular weight excluding hydrogens is 470 g/mol. The molecule has 5 rings (SSSR count). The van der Waals surface area contributed by atoms with Gasteiger partial charge in [-0.1, -0.05) is 48.5 Å². The summed E-state index contributed by atoms with van der Waals surface area (Å²) < 4.78 is 28.3. The largest absolute Gasteiger partial charge is 0.275 e. The van der Waals surface area contributed by atoms with Gasteiger partial charge in [0, 0.05) is 11.1 Å². The van der Waals surface area contributed by atoms with Gasteiger partial charge in [-0.05, 0) is 36.9 Å². The van der Waals surface area contributed by atoms with Crippen molar-refractivity contribution in [2.24, 2.45) is 5.10 Å². The third-order valence-corrected chi connectivity index (χ3v) is 8.44. The summed E-state index contributed by atoms with van der Waals surface area (Å²) >= 11 is 1.53. The molecule has 3 heterocycles. The molecule has 0 unspecified atom stereocenters. The van der Waals surface area contributed by atoms with Crippen LogP contribution in [0.3, 0.4) is 0 Å². The number of carbonyl (C=O) groups is 1. The van der Waals surface area contributed by atoms with Crippen molar-refractivity contribution in [2.45, 2.75) is 18.7 Å². The molecule has 8 nitrogen and oxygen atoms in total. The number of benzene rings is 2. The Morgan fingerprint density at radius 3 is 2.62 bits per heavy atom. The molecule has 0 spiro atoms. The standard InChI is InChI=1S/C24H21N5O3S2/c1-15-12-19(33-14-15)16(2)25-26-21(30)13-29-24-22(17-8-4-3-5-9-17)27-28-23(24)18-10-6-7-11-20(18)34(29,31)32/h3-12,14H,13H2,1-2H3,(H,26,30)(H,27,28)/b25-16+. The molecule has 0 radical (unpaired) electrons. The predicted octanol–water partition coefficient (Wildman–Crippen LogP) is 4.16. The summed E-state index contributed by atoms with van der Waals surface area (Å²) in [7, 11) is -4.01. The highest BCUT2D eigenvalue weighted by Gasteiger charge is 2.39. The lowest BCUT2D eigenvalue weighted by Gasteiger charge is -2.29. The van der Waals surface area contributed by atoms with E-state index in [2.05, 4.69) is 20.7 Å². The molecule has 2 aromatic carbocycles. The Labute approximate surface area is 201 Å². The maximum Gasteiger partial charge on any atom is 0.265 e. The van der Waals surface area contributed by atoms with Gasteiger partial charge in [-0.3, -0.25) is 14.2 Å². The maximum absolute atomic E-state index is 13.6. The normalized spacial score (nSPS) is 14.4. The summed E-state index contributed by atoms with van der Waals surface area (Å²) in [4.78, 5) is 13.9. The Balaban J connectivity index is 1.53. The number of nitrogens with one attached hydrogen (secondary N) is 2. The number of rotatable bonds is 5. The van der Waals surface area contributed by atoms with Crippen LogP contribution in [0, 0.1) is 6.92 Å². The van der Waals surface area contributed by atoms with Gasteiger partial charge in [0.1, 0.15) is 17.9 Å². The van der Waals surface area contributed by atoms with Crippen LogP contribution in [-0.2, 0) is 14.8 Å². The highest BCUT2D eigenvalue weighted by atomic mass is 32.2. The van der Waals surface area contributed by atoms with Gasteiger partial charge >= 0.3 is 0 Å². The number of sulfonamides is 1. The molecular formula is C24H21N5O3S2. The van der Waals surface area contributed by atoms with Gasteiger partial charge in [-0.2, -0.15) is 10.2 Å². The third kappa shape index (κ3) is 3.80. The molecule has 10 heteroatoms. The molecule has 2 aromatic heterocycles. The van der Waals surface area contributed by atoms with Gasteiger partial charge in [0.25, 0.3) is 15.9 Å². The van der Waals surface area contributed by atoms with Crippen LogP contribution in [-0.4, -0.2) is 36.8 Å². The summed E-state index contributed by atoms with van der Waals surface area (Å²) in [5.41, 5.74) is 6.86. The lowest BCUT2D eigenvalue weighted by Crippen LogP contribution is -2.41. The fraction of sp³-hybridized carbons (Fsp3) is 0.125. The number of aryl methyl sites for hydroxylation is 1. The molecule has 2 N–H and O–H groups in total. The Kier molecular flexibility index (Phi) is 5.54. The number of nitrogens with zero attached hydrogens (tertiary/aromatic N) is 3. The summed E-state index contributed by atoms with van der Waals surface area (Å²) in [6.45, 7) is 3.34. The average molecular weight is 492 g/mol. The van der Waals surface area contributed by atoms with Gasteiger partial charge in [0.15, 0.2) is 0 Å². The molecule has 0 atom stereocenters. The van der Waals surface area contributed by atoms with Crippen LogP contribution in [0.4, 0.5) is 5.69 Å². The van der Waals surface area contributed by atoms with Crippen molar-refractivity contribution >= 4 is 38.7 Å². The van der Waals surface area contributed by atoms with Crippen LogP contribution in [0.25, 0.3) is 22.5 Å². The van der Waals surface area contributed by atoms with E-state index >= 15 is 0 Å². The Bertz CT molecular complexity index is 1510. The van der Waals surface area contributed by atoms with Crippen LogP contribution in [0.5, 0.6) is 0 Å². The predicted molar refractivity (Wildman–Crippen MR) is 133 cm³/mol. The van der Waals surface area contributed by atoms with Crippen LogP contribution >= 0.6 is 11.3 Å². The van der Waals surface area contributed by atoms with Gasteiger partial charge in [0.2, 0.25) is 0 Å². The van der Waals surface area contributed by atoms with E-state index < -0.39 is 22.5 Å². The van der Waals surface area contributed by atoms with E-state index in [0.29, 0.717) is 28.4 Å². The quantitative estimate of drug-likeness (QED) is 0.323. The molecule has 172 valence electrons. The highest BCUT2D eigenvalue weighted by Crippen LogP contribution is 2.46. The number of hydrogen-bond acceptors (Lipinski definition) is 6. The topological polar surface area (TPSA) is 108 Å². The van der Waals surface area contributed by atoms with E-state index in [1.165, 1.54) is 17.4 Å². The fourth-order valence-corrected chi connectivity index (χ4v) is 6.35. The Morgan fingerprint density at radius 1 is 1.15 bits per heavy atom. The first-order chi connectivity index (χ1) is 16.4. The Hall–Kier alpha value is -3.76. The smallest absolute Gasteiger partial charge is 0.265 e. The molecule has 0 aliphatic carbocycles. The fourth-order valence-electron chi connectivity index (χ4n) is 3.85. The van der Waals surface area contributed by atoms with Crippen molar-refractivity contribution in [1.29, 1.82) is 0 Å². The van der Waals surface area contributed by atoms with E-state index in [1.54, 1.807) is 25.1 Å². The number of aromatic amines is 1. The molecule has 0 bridgehead atoms. The van der Waals surface area contributed by atoms with Crippen molar-refractivity contribution in [1.82, 2.24) is 15.6 Å². The zero-order chi connectivity index (χ0) is 23.9. The summed E-state index contributed by atoms with van der Waals surface area (Å²) in [6, 6.07) is 17.9. The SMILES string of the molecule is C/C(=N\NC(=O)CN1c2c(-c3ccccc3)n[nH]c2-c2ccccc2S1(=O)=O)c1cc(C)cs1. The van der Waals surface area contributed by atoms with Crippen LogP contribution in [0.2, 0.25) is 0 Å². The number of fused-ring (bicyclic) bond motifs is 3. The summed E-state index contributed by atoms with van der Waals surface area (Å²) in [5.74, 6) is -0.554. The minimum atomic E-state index is -4.01. The van der Waals surface area contributed by atoms with Gasteiger partial charge in [-0.25, -0.2) is 13.8 Å². The van der Waals surface area contributed by atoms with Crippen molar-refractivity contribution in [2.75, 3.05) is 10.8 Å². The highest BCUT2D eigenvalue weighted by molar-refractivity contribution is 7.93. The first-order valence-corrected chi connectivity index (χ1v) is 12.8. The van der Waals surface area contributed by atoms with E-state index in [-0.39, 0.29) is 4.90 Å². The third-order valence-electron chi connectivity index (χ3n) is 5.48. The van der Waals surface area contributed by atoms with Crippen molar-refractivity contribution in [3.8, 4) is 22.5 Å². The van der Waals surface area contributed by atoms with Gasteiger partial charge in [-0.15, -0.1) is 11.3 Å². The Morgan fingerprint density at radius 2 is 1.88 bits per heavy atom. The van der Waals surface area contributed by atoms with Crippen LogP contribution in [0.1, 0.15) is 17.4 Å². The van der Waals surface area contributed by atoms with Crippen LogP contribution in [0.15, 0.2) is 76.0 Å². The first kappa shape index (κ1) is 22.1. The molecule has 1 aliphatic heterocycles. The zero-order valence-corrected chi connectivity index (χ0v) is 20.1. The molecule has 4 aromatic rings. The van der Waals surface area contributed by atoms with E-state index in [0.717, 1.165) is 20.3 Å². The second-order valence-corrected chi connectivity index (χ2v) is 10.6. The van der Waals surface area contributed by atoms with Gasteiger partial charge < -0.3 is 0 Å². The number of H-pyrrole nitrogens is 1. The van der Waals surface area contributed by atoms with Crippen molar-refractivity contribution in [3.63, 3.8) is 0 Å². The molecule has 1 aliphatic rings. The number of aromatic nitrogens is 2. The molecule has 0 fully saturated rings.